The number of hydrogen-bond acceptors (Lipinski definition) is 0. The van der Waals surface area contributed by atoms with Crippen molar-refractivity contribution in [3.63, 3.8) is 0 Å². The van der Waals surface area contributed by atoms with Gasteiger partial charge < -0.3 is 0 Å². The molecule has 0 rings (SSSR count). The molecule has 74 valence electrons. The third-order valence-electron chi connectivity index (χ3n) is 1.75. The Morgan fingerprint density at radius 3 is 1.42 bits per heavy atom. The Labute approximate surface area is 94.6 Å². The molecule has 0 bridgehead atoms. The number of hydrogen-bond donors (Lipinski definition) is 0. The van der Waals surface area contributed by atoms with E-state index in [1.54, 1.807) is 21.8 Å². The van der Waals surface area contributed by atoms with E-state index in [2.05, 4.69) is 13.8 Å². The van der Waals surface area contributed by atoms with Crippen LogP contribution in [0.5, 0.6) is 0 Å². The first-order valence-corrected chi connectivity index (χ1v) is 15.8. The van der Waals surface area contributed by atoms with Crippen molar-refractivity contribution in [3.05, 3.63) is 0 Å². The summed E-state index contributed by atoms with van der Waals surface area (Å²) in [6.45, 7) is 4.61. The predicted molar refractivity (Wildman–Crippen MR) is 60.2 cm³/mol. The zero-order valence-electron chi connectivity index (χ0n) is 8.47. The molecule has 0 aromatic heterocycles. The molecule has 0 aliphatic rings. The van der Waals surface area contributed by atoms with Crippen LogP contribution in [0.4, 0.5) is 0 Å². The van der Waals surface area contributed by atoms with Gasteiger partial charge in [0.2, 0.25) is 0 Å². The molecule has 0 aliphatic heterocycles. The van der Waals surface area contributed by atoms with E-state index in [0.717, 1.165) is 0 Å². The quantitative estimate of drug-likeness (QED) is 0.413. The summed E-state index contributed by atoms with van der Waals surface area (Å²) >= 11 is 1.13. The van der Waals surface area contributed by atoms with E-state index in [1.165, 1.54) is 25.7 Å². The van der Waals surface area contributed by atoms with E-state index in [9.17, 15) is 0 Å². The van der Waals surface area contributed by atoms with Gasteiger partial charge in [0, 0.05) is 0 Å². The van der Waals surface area contributed by atoms with Crippen LogP contribution in [0.3, 0.4) is 0 Å². The van der Waals surface area contributed by atoms with Crippen LogP contribution in [0.15, 0.2) is 0 Å². The van der Waals surface area contributed by atoms with Gasteiger partial charge in [-0.15, -0.1) is 0 Å². The van der Waals surface area contributed by atoms with E-state index >= 15 is 0 Å². The molecule has 0 saturated heterocycles. The van der Waals surface area contributed by atoms with Crippen LogP contribution < -0.4 is 0 Å². The second kappa shape index (κ2) is 12.6. The van der Waals surface area contributed by atoms with Crippen LogP contribution >= 0.6 is 0 Å². The van der Waals surface area contributed by atoms with Gasteiger partial charge in [-0.3, -0.25) is 0 Å². The fourth-order valence-electron chi connectivity index (χ4n) is 0.940. The van der Waals surface area contributed by atoms with Gasteiger partial charge >= 0.3 is 95.4 Å². The standard InChI is InChI=1S/C10H22Te2/c1-3-5-7-9-11-12-10-8-6-4-2/h3-10H2,1-2H3. The molecule has 0 heterocycles. The molecule has 0 fully saturated rings. The van der Waals surface area contributed by atoms with Gasteiger partial charge in [-0.05, 0) is 0 Å². The minimum absolute atomic E-state index is 0.564. The van der Waals surface area contributed by atoms with E-state index < -0.39 is 0 Å². The Hall–Kier alpha value is 1.58. The Kier molecular flexibility index (Phi) is 14.2. The molecule has 0 nitrogen and oxygen atoms in total. The van der Waals surface area contributed by atoms with Crippen molar-refractivity contribution in [1.29, 1.82) is 0 Å². The van der Waals surface area contributed by atoms with Gasteiger partial charge in [0.15, 0.2) is 0 Å². The summed E-state index contributed by atoms with van der Waals surface area (Å²) in [7, 11) is 0. The first-order valence-electron chi connectivity index (χ1n) is 5.16. The maximum atomic E-state index is 2.30. The molecule has 0 amide bonds. The summed E-state index contributed by atoms with van der Waals surface area (Å²) in [4.78, 5) is 0. The molecule has 0 radical (unpaired) electrons. The van der Waals surface area contributed by atoms with Crippen molar-refractivity contribution in [3.8, 4) is 0 Å². The van der Waals surface area contributed by atoms with Crippen molar-refractivity contribution in [2.24, 2.45) is 0 Å². The van der Waals surface area contributed by atoms with E-state index in [4.69, 9.17) is 0 Å². The van der Waals surface area contributed by atoms with Crippen molar-refractivity contribution in [2.75, 3.05) is 0 Å². The van der Waals surface area contributed by atoms with Crippen molar-refractivity contribution < 1.29 is 0 Å². The topological polar surface area (TPSA) is 0 Å². The molecule has 0 saturated carbocycles. The first-order chi connectivity index (χ1) is 5.91. The van der Waals surface area contributed by atoms with Crippen molar-refractivity contribution in [1.82, 2.24) is 0 Å². The van der Waals surface area contributed by atoms with Crippen molar-refractivity contribution in [2.45, 2.75) is 61.3 Å². The minimum atomic E-state index is 0.564. The summed E-state index contributed by atoms with van der Waals surface area (Å²) in [6, 6.07) is 0. The Bertz CT molecular complexity index is 64.2. The summed E-state index contributed by atoms with van der Waals surface area (Å²) in [6.07, 6.45) is 8.90. The first kappa shape index (κ1) is 13.6. The van der Waals surface area contributed by atoms with E-state index in [0.29, 0.717) is 34.1 Å². The predicted octanol–water partition coefficient (Wildman–Crippen LogP) is 3.53. The zero-order valence-corrected chi connectivity index (χ0v) is 13.1. The van der Waals surface area contributed by atoms with Crippen LogP contribution in [-0.2, 0) is 0 Å². The second-order valence-electron chi connectivity index (χ2n) is 3.06. The Morgan fingerprint density at radius 2 is 1.08 bits per heavy atom. The molecule has 0 atom stereocenters. The normalized spacial score (nSPS) is 10.5. The summed E-state index contributed by atoms with van der Waals surface area (Å²) < 4.78 is 3.32. The second-order valence-corrected chi connectivity index (χ2v) is 15.8. The van der Waals surface area contributed by atoms with E-state index in [-0.39, 0.29) is 0 Å². The van der Waals surface area contributed by atoms with Crippen LogP contribution in [-0.4, -0.2) is 34.1 Å². The molecule has 0 aromatic rings. The Balaban J connectivity index is 2.73. The van der Waals surface area contributed by atoms with Gasteiger partial charge in [-0.25, -0.2) is 0 Å². The molecule has 2 heteroatoms. The zero-order chi connectivity index (χ0) is 9.07. The molecular formula is C10H22Te2. The summed E-state index contributed by atoms with van der Waals surface area (Å²) in [5.41, 5.74) is 0. The van der Waals surface area contributed by atoms with Gasteiger partial charge in [-0.2, -0.15) is 0 Å². The van der Waals surface area contributed by atoms with Gasteiger partial charge in [-0.1, -0.05) is 0 Å². The maximum absolute atomic E-state index is 2.30. The average Bonchev–Trinajstić information content (AvgIpc) is 2.10. The van der Waals surface area contributed by atoms with Gasteiger partial charge in [0.05, 0.1) is 0 Å². The SMILES string of the molecule is CCCCC[Te][Te]CCCCC. The van der Waals surface area contributed by atoms with Crippen molar-refractivity contribution >= 4 is 34.1 Å². The third-order valence-corrected chi connectivity index (χ3v) is 14.4. The molecule has 0 N–H and O–H groups in total. The molecule has 0 unspecified atom stereocenters. The molecular weight excluding hydrogens is 375 g/mol. The summed E-state index contributed by atoms with van der Waals surface area (Å²) in [5.74, 6) is 0. The third kappa shape index (κ3) is 11.6. The number of unbranched alkanes of at least 4 members (excludes halogenated alkanes) is 4. The fraction of sp³-hybridized carbons (Fsp3) is 1.00. The molecule has 0 aromatic carbocycles. The van der Waals surface area contributed by atoms with Crippen LogP contribution in [0, 0.1) is 0 Å². The monoisotopic (exact) mass is 402 g/mol. The molecule has 0 spiro atoms. The molecule has 12 heavy (non-hydrogen) atoms. The van der Waals surface area contributed by atoms with Crippen LogP contribution in [0.2, 0.25) is 8.94 Å². The summed E-state index contributed by atoms with van der Waals surface area (Å²) in [5, 5.41) is 0. The molecule has 0 aliphatic carbocycles. The van der Waals surface area contributed by atoms with Crippen LogP contribution in [0.25, 0.3) is 0 Å². The Morgan fingerprint density at radius 1 is 0.667 bits per heavy atom. The average molecular weight is 397 g/mol. The fourth-order valence-corrected chi connectivity index (χ4v) is 12.5. The number of rotatable bonds is 9. The van der Waals surface area contributed by atoms with Gasteiger partial charge in [0.1, 0.15) is 0 Å². The van der Waals surface area contributed by atoms with Gasteiger partial charge in [0.25, 0.3) is 0 Å². The van der Waals surface area contributed by atoms with E-state index in [1.807, 2.05) is 0 Å². The van der Waals surface area contributed by atoms with Crippen LogP contribution in [0.1, 0.15) is 52.4 Å².